The first-order valence-electron chi connectivity index (χ1n) is 6.61. The molecule has 0 atom stereocenters. The Morgan fingerprint density at radius 3 is 2.58 bits per heavy atom. The summed E-state index contributed by atoms with van der Waals surface area (Å²) in [7, 11) is 0. The van der Waals surface area contributed by atoms with E-state index in [1.807, 2.05) is 13.0 Å². The molecular weight excluding hydrogens is 240 g/mol. The fraction of sp³-hybridized carbons (Fsp3) is 0.500. The van der Waals surface area contributed by atoms with Crippen molar-refractivity contribution in [3.8, 4) is 0 Å². The van der Waals surface area contributed by atoms with Gasteiger partial charge in [0.05, 0.1) is 0 Å². The molecule has 0 amide bonds. The van der Waals surface area contributed by atoms with E-state index in [4.69, 9.17) is 10.6 Å². The zero-order valence-corrected chi connectivity index (χ0v) is 12.0. The first-order valence-corrected chi connectivity index (χ1v) is 6.61. The van der Waals surface area contributed by atoms with Gasteiger partial charge in [0, 0.05) is 25.4 Å². The van der Waals surface area contributed by atoms with Crippen LogP contribution in [0.15, 0.2) is 23.2 Å². The maximum Gasteiger partial charge on any atom is 0.210 e. The van der Waals surface area contributed by atoms with Crippen molar-refractivity contribution in [2.75, 3.05) is 25.1 Å². The zero-order chi connectivity index (χ0) is 14.1. The number of guanidine groups is 1. The largest absolute Gasteiger partial charge is 0.382 e. The second kappa shape index (κ2) is 8.50. The van der Waals surface area contributed by atoms with Gasteiger partial charge in [-0.1, -0.05) is 18.2 Å². The summed E-state index contributed by atoms with van der Waals surface area (Å²) >= 11 is 0. The monoisotopic (exact) mass is 264 g/mol. The van der Waals surface area contributed by atoms with Crippen molar-refractivity contribution in [1.82, 2.24) is 5.43 Å². The van der Waals surface area contributed by atoms with Crippen molar-refractivity contribution in [1.29, 1.82) is 0 Å². The van der Waals surface area contributed by atoms with Gasteiger partial charge in [-0.25, -0.2) is 5.84 Å². The number of nitrogens with one attached hydrogen (secondary N) is 2. The Bertz CT molecular complexity index is 398. The molecule has 0 saturated carbocycles. The number of ether oxygens (including phenoxy) is 1. The molecule has 4 N–H and O–H groups in total. The minimum atomic E-state index is 0.578. The van der Waals surface area contributed by atoms with Gasteiger partial charge in [0.15, 0.2) is 0 Å². The predicted octanol–water partition coefficient (Wildman–Crippen LogP) is 1.96. The third kappa shape index (κ3) is 5.28. The SMILES string of the molecule is CCOCCCN=C(NN)Nc1c(C)cccc1C. The molecule has 0 aliphatic rings. The summed E-state index contributed by atoms with van der Waals surface area (Å²) in [6.45, 7) is 8.24. The zero-order valence-electron chi connectivity index (χ0n) is 12.0. The van der Waals surface area contributed by atoms with Crippen molar-refractivity contribution in [3.05, 3.63) is 29.3 Å². The van der Waals surface area contributed by atoms with E-state index in [0.29, 0.717) is 12.5 Å². The fourth-order valence-corrected chi connectivity index (χ4v) is 1.75. The third-order valence-electron chi connectivity index (χ3n) is 2.78. The van der Waals surface area contributed by atoms with Gasteiger partial charge in [-0.15, -0.1) is 0 Å². The Morgan fingerprint density at radius 1 is 1.32 bits per heavy atom. The second-order valence-corrected chi connectivity index (χ2v) is 4.32. The van der Waals surface area contributed by atoms with Crippen molar-refractivity contribution in [2.45, 2.75) is 27.2 Å². The lowest BCUT2D eigenvalue weighted by atomic mass is 10.1. The van der Waals surface area contributed by atoms with E-state index in [1.54, 1.807) is 0 Å². The van der Waals surface area contributed by atoms with Crippen molar-refractivity contribution in [2.24, 2.45) is 10.8 Å². The molecule has 19 heavy (non-hydrogen) atoms. The maximum absolute atomic E-state index is 5.49. The minimum Gasteiger partial charge on any atom is -0.382 e. The Labute approximate surface area is 115 Å². The molecule has 0 aliphatic heterocycles. The number of aliphatic imine (C=N–C) groups is 1. The van der Waals surface area contributed by atoms with Gasteiger partial charge in [0.25, 0.3) is 0 Å². The van der Waals surface area contributed by atoms with Gasteiger partial charge >= 0.3 is 0 Å². The topological polar surface area (TPSA) is 71.7 Å². The average molecular weight is 264 g/mol. The van der Waals surface area contributed by atoms with Crippen LogP contribution in [-0.2, 0) is 4.74 Å². The number of hydrogen-bond acceptors (Lipinski definition) is 3. The molecule has 0 fully saturated rings. The number of hydrogen-bond donors (Lipinski definition) is 3. The molecule has 0 spiro atoms. The fourth-order valence-electron chi connectivity index (χ4n) is 1.75. The first kappa shape index (κ1) is 15.5. The van der Waals surface area contributed by atoms with Crippen molar-refractivity contribution in [3.63, 3.8) is 0 Å². The van der Waals surface area contributed by atoms with Crippen molar-refractivity contribution < 1.29 is 4.74 Å². The number of nitrogens with two attached hydrogens (primary N) is 1. The summed E-state index contributed by atoms with van der Waals surface area (Å²) in [6, 6.07) is 6.14. The van der Waals surface area contributed by atoms with E-state index < -0.39 is 0 Å². The number of nitrogens with zero attached hydrogens (tertiary/aromatic N) is 1. The molecule has 5 heteroatoms. The average Bonchev–Trinajstić information content (AvgIpc) is 2.40. The van der Waals surface area contributed by atoms with E-state index >= 15 is 0 Å². The highest BCUT2D eigenvalue weighted by molar-refractivity contribution is 5.94. The van der Waals surface area contributed by atoms with Crippen LogP contribution in [-0.4, -0.2) is 25.7 Å². The summed E-state index contributed by atoms with van der Waals surface area (Å²) in [4.78, 5) is 4.38. The summed E-state index contributed by atoms with van der Waals surface area (Å²) in [5.41, 5.74) is 5.97. The van der Waals surface area contributed by atoms with Crippen LogP contribution in [0.2, 0.25) is 0 Å². The molecule has 0 saturated heterocycles. The van der Waals surface area contributed by atoms with Crippen LogP contribution in [0.25, 0.3) is 0 Å². The van der Waals surface area contributed by atoms with Gasteiger partial charge in [-0.2, -0.15) is 0 Å². The molecule has 1 aromatic carbocycles. The minimum absolute atomic E-state index is 0.578. The number of rotatable bonds is 6. The number of benzene rings is 1. The Morgan fingerprint density at radius 2 is 2.00 bits per heavy atom. The summed E-state index contributed by atoms with van der Waals surface area (Å²) in [6.07, 6.45) is 0.882. The molecule has 106 valence electrons. The van der Waals surface area contributed by atoms with E-state index in [-0.39, 0.29) is 0 Å². The number of para-hydroxylation sites is 1. The van der Waals surface area contributed by atoms with E-state index in [1.165, 1.54) is 0 Å². The van der Waals surface area contributed by atoms with Crippen LogP contribution in [0.4, 0.5) is 5.69 Å². The van der Waals surface area contributed by atoms with Crippen LogP contribution in [0.5, 0.6) is 0 Å². The van der Waals surface area contributed by atoms with Gasteiger partial charge in [-0.3, -0.25) is 10.4 Å². The molecule has 1 aromatic rings. The van der Waals surface area contributed by atoms with E-state index in [9.17, 15) is 0 Å². The van der Waals surface area contributed by atoms with Crippen LogP contribution >= 0.6 is 0 Å². The lowest BCUT2D eigenvalue weighted by molar-refractivity contribution is 0.146. The van der Waals surface area contributed by atoms with Gasteiger partial charge in [0.1, 0.15) is 0 Å². The molecule has 0 radical (unpaired) electrons. The maximum atomic E-state index is 5.49. The second-order valence-electron chi connectivity index (χ2n) is 4.32. The molecule has 0 aliphatic carbocycles. The molecule has 0 heterocycles. The Kier molecular flexibility index (Phi) is 6.92. The highest BCUT2D eigenvalue weighted by atomic mass is 16.5. The molecule has 0 unspecified atom stereocenters. The lowest BCUT2D eigenvalue weighted by Crippen LogP contribution is -2.36. The van der Waals surface area contributed by atoms with E-state index in [2.05, 4.69) is 41.7 Å². The quantitative estimate of drug-likeness (QED) is 0.241. The highest BCUT2D eigenvalue weighted by Crippen LogP contribution is 2.18. The Balaban J connectivity index is 2.58. The number of anilines is 1. The van der Waals surface area contributed by atoms with Gasteiger partial charge in [0.2, 0.25) is 5.96 Å². The standard InChI is InChI=1S/C14H24N4O/c1-4-19-10-6-9-16-14(18-15)17-13-11(2)7-5-8-12(13)3/h5,7-8H,4,6,9-10,15H2,1-3H3,(H2,16,17,18). The molecule has 5 nitrogen and oxygen atoms in total. The summed E-state index contributed by atoms with van der Waals surface area (Å²) in [5.74, 6) is 6.06. The lowest BCUT2D eigenvalue weighted by Gasteiger charge is -2.14. The molecular formula is C14H24N4O. The van der Waals surface area contributed by atoms with Gasteiger partial charge < -0.3 is 10.1 Å². The summed E-state index contributed by atoms with van der Waals surface area (Å²) in [5, 5.41) is 3.23. The van der Waals surface area contributed by atoms with Crippen LogP contribution < -0.4 is 16.6 Å². The number of aryl methyl sites for hydroxylation is 2. The first-order chi connectivity index (χ1) is 9.19. The number of hydrazine groups is 1. The predicted molar refractivity (Wildman–Crippen MR) is 80.3 cm³/mol. The van der Waals surface area contributed by atoms with E-state index in [0.717, 1.165) is 36.4 Å². The normalized spacial score (nSPS) is 11.5. The van der Waals surface area contributed by atoms with Crippen LogP contribution in [0.3, 0.4) is 0 Å². The molecule has 1 rings (SSSR count). The smallest absolute Gasteiger partial charge is 0.210 e. The van der Waals surface area contributed by atoms with Crippen LogP contribution in [0.1, 0.15) is 24.5 Å². The summed E-state index contributed by atoms with van der Waals surface area (Å²) < 4.78 is 5.26. The van der Waals surface area contributed by atoms with Crippen LogP contribution in [0, 0.1) is 13.8 Å². The van der Waals surface area contributed by atoms with Gasteiger partial charge in [-0.05, 0) is 38.3 Å². The Hall–Kier alpha value is -1.59. The van der Waals surface area contributed by atoms with Crippen molar-refractivity contribution >= 4 is 11.6 Å². The third-order valence-corrected chi connectivity index (χ3v) is 2.78. The highest BCUT2D eigenvalue weighted by Gasteiger charge is 2.04. The molecule has 0 bridgehead atoms. The molecule has 0 aromatic heterocycles.